The second-order valence-electron chi connectivity index (χ2n) is 10.7. The number of methoxy groups -OCH3 is 6. The van der Waals surface area contributed by atoms with Crippen LogP contribution in [0.25, 0.3) is 0 Å². The summed E-state index contributed by atoms with van der Waals surface area (Å²) in [5, 5.41) is 6.89. The zero-order valence-corrected chi connectivity index (χ0v) is 45.0. The van der Waals surface area contributed by atoms with Crippen LogP contribution in [0.5, 0.6) is 34.5 Å². The molecule has 1 radical (unpaired) electrons. The largest absolute Gasteiger partial charge is 0.497 e. The predicted molar refractivity (Wildman–Crippen MR) is 283 cm³/mol. The van der Waals surface area contributed by atoms with Gasteiger partial charge in [-0.15, -0.1) is 105 Å². The van der Waals surface area contributed by atoms with Crippen LogP contribution in [0.15, 0.2) is 146 Å². The van der Waals surface area contributed by atoms with E-state index in [1.54, 1.807) is 42.7 Å². The van der Waals surface area contributed by atoms with Gasteiger partial charge in [0.15, 0.2) is 0 Å². The Kier molecular flexibility index (Phi) is 47.0. The molecular formula is C42H58Cl4CoO6P6. The molecule has 0 amide bonds. The van der Waals surface area contributed by atoms with Crippen molar-refractivity contribution in [2.24, 2.45) is 0 Å². The van der Waals surface area contributed by atoms with Gasteiger partial charge in [-0.25, -0.2) is 0 Å². The number of halogens is 4. The minimum Gasteiger partial charge on any atom is -0.497 e. The summed E-state index contributed by atoms with van der Waals surface area (Å²) in [6.45, 7) is 0. The topological polar surface area (TPSA) is 55.4 Å². The third kappa shape index (κ3) is 33.6. The average Bonchev–Trinajstić information content (AvgIpc) is 3.19. The van der Waals surface area contributed by atoms with Crippen molar-refractivity contribution in [3.63, 3.8) is 0 Å². The minimum absolute atomic E-state index is 0. The van der Waals surface area contributed by atoms with E-state index in [0.29, 0.717) is 0 Å². The monoisotopic (exact) mass is 1040 g/mol. The first-order valence-corrected chi connectivity index (χ1v) is 19.8. The van der Waals surface area contributed by atoms with Crippen LogP contribution in [0.1, 0.15) is 0 Å². The van der Waals surface area contributed by atoms with E-state index >= 15 is 0 Å². The zero-order chi connectivity index (χ0) is 40.1. The summed E-state index contributed by atoms with van der Waals surface area (Å²) >= 11 is 0. The van der Waals surface area contributed by atoms with E-state index in [0.717, 1.165) is 66.3 Å². The molecular weight excluding hydrogens is 987 g/mol. The maximum Gasteiger partial charge on any atom is 0.119 e. The van der Waals surface area contributed by atoms with Crippen LogP contribution in [0.4, 0.5) is 0 Å². The molecule has 0 aliphatic rings. The van der Waals surface area contributed by atoms with Crippen molar-refractivity contribution < 1.29 is 45.2 Å². The molecule has 0 heterocycles. The first kappa shape index (κ1) is 66.5. The van der Waals surface area contributed by atoms with Gasteiger partial charge in [0.05, 0.1) is 42.7 Å². The van der Waals surface area contributed by atoms with Gasteiger partial charge in [0, 0.05) is 16.8 Å². The molecule has 6 aromatic rings. The molecule has 0 aliphatic heterocycles. The molecule has 0 aliphatic carbocycles. The molecule has 59 heavy (non-hydrogen) atoms. The van der Waals surface area contributed by atoms with E-state index in [1.807, 2.05) is 146 Å². The van der Waals surface area contributed by atoms with Gasteiger partial charge in [-0.2, -0.15) is 0 Å². The average molecular weight is 1050 g/mol. The van der Waals surface area contributed by atoms with Crippen LogP contribution in [-0.4, -0.2) is 42.7 Å². The van der Waals surface area contributed by atoms with Crippen LogP contribution >= 0.6 is 105 Å². The number of benzene rings is 6. The van der Waals surface area contributed by atoms with E-state index in [4.69, 9.17) is 28.4 Å². The Balaban J connectivity index is -0.000000194. The molecule has 0 fully saturated rings. The van der Waals surface area contributed by atoms with E-state index in [9.17, 15) is 0 Å². The normalized spacial score (nSPS) is 8.34. The van der Waals surface area contributed by atoms with Gasteiger partial charge in [-0.1, -0.05) is 72.8 Å². The molecule has 17 heteroatoms. The molecule has 6 atom stereocenters. The van der Waals surface area contributed by atoms with Crippen molar-refractivity contribution in [1.29, 1.82) is 0 Å². The maximum absolute atomic E-state index is 4.98. The van der Waals surface area contributed by atoms with Crippen LogP contribution in [0.2, 0.25) is 0 Å². The van der Waals surface area contributed by atoms with Gasteiger partial charge in [-0.3, -0.25) is 0 Å². The molecule has 0 bridgehead atoms. The smallest absolute Gasteiger partial charge is 0.119 e. The Hall–Kier alpha value is -1.63. The van der Waals surface area contributed by atoms with Gasteiger partial charge in [0.1, 0.15) is 34.5 Å². The summed E-state index contributed by atoms with van der Waals surface area (Å²) in [5.74, 6) is 5.43. The van der Waals surface area contributed by atoms with Gasteiger partial charge in [0.2, 0.25) is 0 Å². The first-order valence-electron chi connectivity index (χ1n) is 16.3. The molecule has 0 N–H and O–H groups in total. The fourth-order valence-electron chi connectivity index (χ4n) is 3.85. The molecule has 329 valence electrons. The summed E-state index contributed by atoms with van der Waals surface area (Å²) in [6, 6.07) is 47.1. The van der Waals surface area contributed by atoms with Crippen molar-refractivity contribution in [2.45, 2.75) is 0 Å². The molecule has 0 spiro atoms. The Morgan fingerprint density at radius 1 is 0.254 bits per heavy atom. The van der Waals surface area contributed by atoms with E-state index < -0.39 is 0 Å². The molecule has 0 saturated carbocycles. The van der Waals surface area contributed by atoms with Crippen molar-refractivity contribution in [3.8, 4) is 34.5 Å². The van der Waals surface area contributed by atoms with Gasteiger partial charge < -0.3 is 28.4 Å². The van der Waals surface area contributed by atoms with Crippen LogP contribution in [-0.2, 0) is 16.8 Å². The molecule has 6 nitrogen and oxygen atoms in total. The number of hydrogen-bond donors (Lipinski definition) is 0. The quantitative estimate of drug-likeness (QED) is 0.156. The van der Waals surface area contributed by atoms with E-state index in [2.05, 4.69) is 55.4 Å². The second-order valence-corrected chi connectivity index (χ2v) is 14.7. The fraction of sp³-hybridized carbons (Fsp3) is 0.143. The molecule has 6 unspecified atom stereocenters. The number of hydrogen-bond acceptors (Lipinski definition) is 6. The predicted octanol–water partition coefficient (Wildman–Crippen LogP) is 8.86. The summed E-state index contributed by atoms with van der Waals surface area (Å²) in [6.07, 6.45) is 0. The Labute approximate surface area is 402 Å². The number of rotatable bonds is 6. The summed E-state index contributed by atoms with van der Waals surface area (Å²) in [5.41, 5.74) is 0. The van der Waals surface area contributed by atoms with Crippen LogP contribution in [0, 0.1) is 0 Å². The molecule has 0 saturated heterocycles. The minimum atomic E-state index is 0. The summed E-state index contributed by atoms with van der Waals surface area (Å²) in [4.78, 5) is 0. The van der Waals surface area contributed by atoms with Crippen molar-refractivity contribution in [3.05, 3.63) is 146 Å². The van der Waals surface area contributed by atoms with E-state index in [-0.39, 0.29) is 66.4 Å². The van der Waals surface area contributed by atoms with Crippen LogP contribution < -0.4 is 60.2 Å². The van der Waals surface area contributed by atoms with Crippen molar-refractivity contribution in [1.82, 2.24) is 0 Å². The second kappa shape index (κ2) is 41.7. The molecule has 0 aromatic heterocycles. The SMILES string of the molecule is COc1cccc(P)c1.COc1cccc(P)c1.COc1cccc(P)c1.COc1cccc(P)c1.COc1cccc(P)c1.COc1cccc(P)c1.Cl.Cl.Cl.Cl.[Co]. The van der Waals surface area contributed by atoms with Gasteiger partial charge >= 0.3 is 0 Å². The molecule has 6 aromatic carbocycles. The zero-order valence-electron chi connectivity index (χ0n) is 33.7. The van der Waals surface area contributed by atoms with Crippen molar-refractivity contribution >= 4 is 137 Å². The van der Waals surface area contributed by atoms with Crippen molar-refractivity contribution in [2.75, 3.05) is 42.7 Å². The Morgan fingerprint density at radius 3 is 0.441 bits per heavy atom. The Bertz CT molecular complexity index is 1570. The fourth-order valence-corrected chi connectivity index (χ4v) is 5.50. The third-order valence-electron chi connectivity index (χ3n) is 6.56. The van der Waals surface area contributed by atoms with Gasteiger partial charge in [-0.05, 0) is 105 Å². The number of ether oxygens (including phenoxy) is 6. The summed E-state index contributed by atoms with van der Waals surface area (Å²) < 4.78 is 29.9. The summed E-state index contributed by atoms with van der Waals surface area (Å²) in [7, 11) is 25.7. The van der Waals surface area contributed by atoms with Gasteiger partial charge in [0.25, 0.3) is 0 Å². The molecule has 6 rings (SSSR count). The first-order chi connectivity index (χ1) is 26.0. The van der Waals surface area contributed by atoms with Crippen LogP contribution in [0.3, 0.4) is 0 Å². The maximum atomic E-state index is 4.98. The Morgan fingerprint density at radius 2 is 0.373 bits per heavy atom. The third-order valence-corrected chi connectivity index (χ3v) is 8.72. The van der Waals surface area contributed by atoms with E-state index in [1.165, 1.54) is 0 Å². The standard InChI is InChI=1S/6C7H9OP.4ClH.Co/c6*1-8-6-3-2-4-7(9)5-6;;;;;/h6*2-5H,9H2,1H3;4*1H;.